The quantitative estimate of drug-likeness (QED) is 0.910. The van der Waals surface area contributed by atoms with Crippen LogP contribution in [0.4, 0.5) is 4.39 Å². The number of benzene rings is 2. The average molecular weight is 341 g/mol. The van der Waals surface area contributed by atoms with Gasteiger partial charge >= 0.3 is 0 Å². The van der Waals surface area contributed by atoms with Crippen LogP contribution in [-0.4, -0.2) is 34.6 Å². The molecule has 2 atom stereocenters. The molecule has 0 spiro atoms. The molecule has 2 aromatic rings. The number of hydrogen-bond acceptors (Lipinski definition) is 3. The van der Waals surface area contributed by atoms with Gasteiger partial charge in [0.1, 0.15) is 11.6 Å². The van der Waals surface area contributed by atoms with E-state index in [1.165, 1.54) is 12.1 Å². The summed E-state index contributed by atoms with van der Waals surface area (Å²) in [6.07, 6.45) is 1.08. The molecule has 2 aliphatic rings. The zero-order valence-corrected chi connectivity index (χ0v) is 13.8. The number of carbonyl (C=O) groups is 1. The Morgan fingerprint density at radius 1 is 1.20 bits per heavy atom. The minimum atomic E-state index is -0.839. The normalized spacial score (nSPS) is 19.8. The molecule has 1 aliphatic heterocycles. The lowest BCUT2D eigenvalue weighted by atomic mass is 10.1. The molecule has 1 aliphatic carbocycles. The first-order valence-corrected chi connectivity index (χ1v) is 8.60. The largest absolute Gasteiger partial charge is 0.480 e. The van der Waals surface area contributed by atoms with Crippen molar-refractivity contribution in [1.29, 1.82) is 0 Å². The van der Waals surface area contributed by atoms with Crippen LogP contribution in [0, 0.1) is 5.82 Å². The van der Waals surface area contributed by atoms with E-state index in [0.717, 1.165) is 24.2 Å². The van der Waals surface area contributed by atoms with E-state index in [2.05, 4.69) is 0 Å². The Hall–Kier alpha value is -2.40. The van der Waals surface area contributed by atoms with Gasteiger partial charge in [0.15, 0.2) is 6.10 Å². The van der Waals surface area contributed by atoms with Crippen LogP contribution < -0.4 is 4.74 Å². The number of aliphatic hydroxyl groups is 1. The van der Waals surface area contributed by atoms with Gasteiger partial charge in [0, 0.05) is 12.5 Å². The van der Waals surface area contributed by atoms with Crippen LogP contribution in [0.2, 0.25) is 0 Å². The van der Waals surface area contributed by atoms with Gasteiger partial charge in [-0.3, -0.25) is 4.79 Å². The molecule has 130 valence electrons. The maximum Gasteiger partial charge on any atom is 0.264 e. The fraction of sp³-hybridized carbons (Fsp3) is 0.350. The number of fused-ring (bicyclic) bond motifs is 1. The van der Waals surface area contributed by atoms with Gasteiger partial charge in [0.05, 0.1) is 12.6 Å². The van der Waals surface area contributed by atoms with Crippen molar-refractivity contribution in [2.45, 2.75) is 37.5 Å². The van der Waals surface area contributed by atoms with Crippen LogP contribution in [0.1, 0.15) is 30.1 Å². The molecule has 5 heteroatoms. The summed E-state index contributed by atoms with van der Waals surface area (Å²) >= 11 is 0. The second-order valence-corrected chi connectivity index (χ2v) is 6.71. The number of para-hydroxylation sites is 1. The maximum atomic E-state index is 13.1. The predicted molar refractivity (Wildman–Crippen MR) is 90.7 cm³/mol. The number of ether oxygens (including phenoxy) is 1. The van der Waals surface area contributed by atoms with Crippen molar-refractivity contribution in [3.05, 3.63) is 65.5 Å². The number of aliphatic hydroxyl groups excluding tert-OH is 1. The first-order valence-electron chi connectivity index (χ1n) is 8.60. The number of nitrogens with zero attached hydrogens (tertiary/aromatic N) is 1. The zero-order valence-electron chi connectivity index (χ0n) is 13.8. The van der Waals surface area contributed by atoms with E-state index < -0.39 is 12.2 Å². The van der Waals surface area contributed by atoms with E-state index in [4.69, 9.17) is 4.74 Å². The highest BCUT2D eigenvalue weighted by atomic mass is 19.1. The Bertz CT molecular complexity index is 748. The van der Waals surface area contributed by atoms with Gasteiger partial charge in [-0.05, 0) is 42.2 Å². The SMILES string of the molecule is O=C(C1Cc2ccccc2O1)N(CC(O)c1ccc(F)cc1)C1CC1. The van der Waals surface area contributed by atoms with Crippen LogP contribution in [0.15, 0.2) is 48.5 Å². The Labute approximate surface area is 145 Å². The van der Waals surface area contributed by atoms with E-state index in [0.29, 0.717) is 12.0 Å². The lowest BCUT2D eigenvalue weighted by Crippen LogP contribution is -2.44. The number of halogens is 1. The molecule has 1 heterocycles. The summed E-state index contributed by atoms with van der Waals surface area (Å²) in [4.78, 5) is 14.7. The second kappa shape index (κ2) is 6.48. The van der Waals surface area contributed by atoms with Crippen LogP contribution in [0.5, 0.6) is 5.75 Å². The third kappa shape index (κ3) is 3.37. The first kappa shape index (κ1) is 16.1. The third-order valence-corrected chi connectivity index (χ3v) is 4.82. The second-order valence-electron chi connectivity index (χ2n) is 6.71. The predicted octanol–water partition coefficient (Wildman–Crippen LogP) is 2.85. The number of carbonyl (C=O) groups excluding carboxylic acids is 1. The molecule has 4 rings (SSSR count). The van der Waals surface area contributed by atoms with Crippen molar-refractivity contribution in [2.75, 3.05) is 6.54 Å². The van der Waals surface area contributed by atoms with Crippen molar-refractivity contribution >= 4 is 5.91 Å². The van der Waals surface area contributed by atoms with Crippen LogP contribution in [0.3, 0.4) is 0 Å². The van der Waals surface area contributed by atoms with Crippen LogP contribution in [-0.2, 0) is 11.2 Å². The fourth-order valence-corrected chi connectivity index (χ4v) is 3.29. The average Bonchev–Trinajstić information content (AvgIpc) is 3.37. The summed E-state index contributed by atoms with van der Waals surface area (Å²) < 4.78 is 18.9. The summed E-state index contributed by atoms with van der Waals surface area (Å²) in [5.41, 5.74) is 1.64. The molecular formula is C20H20FNO3. The molecule has 2 aromatic carbocycles. The van der Waals surface area contributed by atoms with Gasteiger partial charge in [-0.15, -0.1) is 0 Å². The Balaban J connectivity index is 1.46. The van der Waals surface area contributed by atoms with E-state index in [9.17, 15) is 14.3 Å². The minimum absolute atomic E-state index is 0.0835. The van der Waals surface area contributed by atoms with Crippen molar-refractivity contribution < 1.29 is 19.0 Å². The van der Waals surface area contributed by atoms with Gasteiger partial charge in [-0.2, -0.15) is 0 Å². The minimum Gasteiger partial charge on any atom is -0.480 e. The van der Waals surface area contributed by atoms with E-state index in [1.54, 1.807) is 17.0 Å². The Morgan fingerprint density at radius 3 is 2.60 bits per heavy atom. The van der Waals surface area contributed by atoms with E-state index in [1.807, 2.05) is 24.3 Å². The summed E-state index contributed by atoms with van der Waals surface area (Å²) in [6, 6.07) is 13.6. The first-order chi connectivity index (χ1) is 12.1. The standard InChI is InChI=1S/C20H20FNO3/c21-15-7-5-13(6-8-15)17(23)12-22(16-9-10-16)20(24)19-11-14-3-1-2-4-18(14)25-19/h1-8,16-17,19,23H,9-12H2. The molecule has 1 amide bonds. The molecule has 0 radical (unpaired) electrons. The smallest absolute Gasteiger partial charge is 0.264 e. The molecule has 1 N–H and O–H groups in total. The number of hydrogen-bond donors (Lipinski definition) is 1. The molecule has 1 fully saturated rings. The van der Waals surface area contributed by atoms with Crippen LogP contribution >= 0.6 is 0 Å². The highest BCUT2D eigenvalue weighted by Crippen LogP contribution is 2.33. The highest BCUT2D eigenvalue weighted by molar-refractivity contribution is 5.83. The Kier molecular flexibility index (Phi) is 4.17. The molecule has 2 unspecified atom stereocenters. The van der Waals surface area contributed by atoms with Gasteiger partial charge in [-0.25, -0.2) is 4.39 Å². The third-order valence-electron chi connectivity index (χ3n) is 4.82. The summed E-state index contributed by atoms with van der Waals surface area (Å²) in [6.45, 7) is 0.200. The fourth-order valence-electron chi connectivity index (χ4n) is 3.29. The van der Waals surface area contributed by atoms with Gasteiger partial charge in [0.2, 0.25) is 0 Å². The summed E-state index contributed by atoms with van der Waals surface area (Å²) in [5, 5.41) is 10.5. The molecule has 1 saturated carbocycles. The van der Waals surface area contributed by atoms with E-state index in [-0.39, 0.29) is 24.3 Å². The van der Waals surface area contributed by atoms with Crippen molar-refractivity contribution in [3.8, 4) is 5.75 Å². The van der Waals surface area contributed by atoms with Crippen LogP contribution in [0.25, 0.3) is 0 Å². The van der Waals surface area contributed by atoms with E-state index >= 15 is 0 Å². The molecule has 25 heavy (non-hydrogen) atoms. The number of amides is 1. The molecule has 0 bridgehead atoms. The van der Waals surface area contributed by atoms with Gasteiger partial charge in [-0.1, -0.05) is 30.3 Å². The summed E-state index contributed by atoms with van der Waals surface area (Å²) in [5.74, 6) is 0.332. The lowest BCUT2D eigenvalue weighted by Gasteiger charge is -2.27. The molecular weight excluding hydrogens is 321 g/mol. The number of rotatable bonds is 5. The molecule has 4 nitrogen and oxygen atoms in total. The van der Waals surface area contributed by atoms with Crippen molar-refractivity contribution in [2.24, 2.45) is 0 Å². The zero-order chi connectivity index (χ0) is 17.4. The maximum absolute atomic E-state index is 13.1. The lowest BCUT2D eigenvalue weighted by molar-refractivity contribution is -0.140. The van der Waals surface area contributed by atoms with Crippen molar-refractivity contribution in [1.82, 2.24) is 4.90 Å². The molecule has 0 saturated heterocycles. The van der Waals surface area contributed by atoms with Gasteiger partial charge in [0.25, 0.3) is 5.91 Å². The molecule has 0 aromatic heterocycles. The monoisotopic (exact) mass is 341 g/mol. The topological polar surface area (TPSA) is 49.8 Å². The van der Waals surface area contributed by atoms with Crippen molar-refractivity contribution in [3.63, 3.8) is 0 Å². The Morgan fingerprint density at radius 2 is 1.92 bits per heavy atom. The van der Waals surface area contributed by atoms with Gasteiger partial charge < -0.3 is 14.7 Å². The highest BCUT2D eigenvalue weighted by Gasteiger charge is 2.40. The summed E-state index contributed by atoms with van der Waals surface area (Å²) in [7, 11) is 0.